The van der Waals surface area contributed by atoms with Crippen LogP contribution in [0.5, 0.6) is 0 Å². The quantitative estimate of drug-likeness (QED) is 0.726. The summed E-state index contributed by atoms with van der Waals surface area (Å²) in [6, 6.07) is 10.5. The molecule has 100 valence electrons. The van der Waals surface area contributed by atoms with Crippen molar-refractivity contribution in [2.75, 3.05) is 0 Å². The molecular formula is C14H11Br2ClFN. The van der Waals surface area contributed by atoms with Gasteiger partial charge in [0.15, 0.2) is 0 Å². The third kappa shape index (κ3) is 4.28. The van der Waals surface area contributed by atoms with E-state index in [-0.39, 0.29) is 5.82 Å². The molecule has 0 spiro atoms. The molecule has 0 saturated carbocycles. The molecule has 0 bridgehead atoms. The summed E-state index contributed by atoms with van der Waals surface area (Å²) >= 11 is 12.7. The molecule has 2 aromatic rings. The Morgan fingerprint density at radius 2 is 1.74 bits per heavy atom. The average molecular weight is 408 g/mol. The van der Waals surface area contributed by atoms with E-state index in [0.717, 1.165) is 14.5 Å². The highest BCUT2D eigenvalue weighted by atomic mass is 79.9. The highest BCUT2D eigenvalue weighted by molar-refractivity contribution is 9.10. The molecule has 1 N–H and O–H groups in total. The van der Waals surface area contributed by atoms with Crippen LogP contribution in [0.3, 0.4) is 0 Å². The topological polar surface area (TPSA) is 12.0 Å². The summed E-state index contributed by atoms with van der Waals surface area (Å²) in [4.78, 5) is 0. The van der Waals surface area contributed by atoms with Gasteiger partial charge >= 0.3 is 0 Å². The number of rotatable bonds is 4. The van der Waals surface area contributed by atoms with E-state index < -0.39 is 0 Å². The summed E-state index contributed by atoms with van der Waals surface area (Å²) in [6.45, 7) is 1.12. The van der Waals surface area contributed by atoms with Crippen LogP contribution in [0.1, 0.15) is 11.1 Å². The minimum atomic E-state index is -0.203. The molecule has 5 heteroatoms. The maximum Gasteiger partial charge on any atom is 0.127 e. The van der Waals surface area contributed by atoms with Crippen LogP contribution < -0.4 is 5.32 Å². The average Bonchev–Trinajstić information content (AvgIpc) is 2.36. The molecule has 19 heavy (non-hydrogen) atoms. The Balaban J connectivity index is 1.98. The number of benzene rings is 2. The molecule has 1 nitrogen and oxygen atoms in total. The van der Waals surface area contributed by atoms with Crippen LogP contribution in [-0.2, 0) is 13.1 Å². The van der Waals surface area contributed by atoms with Gasteiger partial charge in [-0.05, 0) is 35.9 Å². The number of hydrogen-bond donors (Lipinski definition) is 1. The van der Waals surface area contributed by atoms with Gasteiger partial charge in [-0.25, -0.2) is 4.39 Å². The van der Waals surface area contributed by atoms with Crippen LogP contribution in [0.25, 0.3) is 0 Å². The van der Waals surface area contributed by atoms with Gasteiger partial charge in [-0.3, -0.25) is 0 Å². The van der Waals surface area contributed by atoms with Crippen molar-refractivity contribution in [2.45, 2.75) is 13.1 Å². The van der Waals surface area contributed by atoms with E-state index >= 15 is 0 Å². The minimum absolute atomic E-state index is 0.203. The van der Waals surface area contributed by atoms with Gasteiger partial charge in [0.25, 0.3) is 0 Å². The molecule has 0 radical (unpaired) electrons. The maximum atomic E-state index is 13.5. The van der Waals surface area contributed by atoms with E-state index in [9.17, 15) is 4.39 Å². The van der Waals surface area contributed by atoms with Gasteiger partial charge in [-0.1, -0.05) is 49.5 Å². The Kier molecular flexibility index (Phi) is 5.39. The van der Waals surface area contributed by atoms with Gasteiger partial charge in [0.1, 0.15) is 5.82 Å². The highest BCUT2D eigenvalue weighted by Crippen LogP contribution is 2.21. The van der Waals surface area contributed by atoms with Crippen LogP contribution in [0.2, 0.25) is 5.02 Å². The molecule has 2 rings (SSSR count). The molecule has 0 aromatic heterocycles. The molecule has 0 aliphatic rings. The van der Waals surface area contributed by atoms with Gasteiger partial charge in [0, 0.05) is 32.6 Å². The highest BCUT2D eigenvalue weighted by Gasteiger charge is 2.04. The fourth-order valence-corrected chi connectivity index (χ4v) is 2.91. The first-order chi connectivity index (χ1) is 9.06. The molecule has 0 aliphatic heterocycles. The monoisotopic (exact) mass is 405 g/mol. The van der Waals surface area contributed by atoms with Crippen LogP contribution in [-0.4, -0.2) is 0 Å². The third-order valence-electron chi connectivity index (χ3n) is 2.65. The Labute approximate surface area is 133 Å². The van der Waals surface area contributed by atoms with Crippen molar-refractivity contribution in [1.29, 1.82) is 0 Å². The number of nitrogens with one attached hydrogen (secondary N) is 1. The number of halogens is 4. The normalized spacial score (nSPS) is 10.7. The van der Waals surface area contributed by atoms with E-state index in [0.29, 0.717) is 23.7 Å². The largest absolute Gasteiger partial charge is 0.308 e. The Hall–Kier alpha value is -0.420. The molecule has 0 saturated heterocycles. The fourth-order valence-electron chi connectivity index (χ4n) is 1.68. The Morgan fingerprint density at radius 1 is 1.00 bits per heavy atom. The molecule has 0 amide bonds. The van der Waals surface area contributed by atoms with Crippen LogP contribution in [0, 0.1) is 5.82 Å². The van der Waals surface area contributed by atoms with Gasteiger partial charge in [0.2, 0.25) is 0 Å². The van der Waals surface area contributed by atoms with Crippen molar-refractivity contribution in [3.8, 4) is 0 Å². The zero-order valence-electron chi connectivity index (χ0n) is 9.89. The molecule has 0 heterocycles. The summed E-state index contributed by atoms with van der Waals surface area (Å²) < 4.78 is 15.4. The predicted molar refractivity (Wildman–Crippen MR) is 83.8 cm³/mol. The number of hydrogen-bond acceptors (Lipinski definition) is 1. The fraction of sp³-hybridized carbons (Fsp3) is 0.143. The predicted octanol–water partition coefficient (Wildman–Crippen LogP) is 5.29. The second-order valence-corrected chi connectivity index (χ2v) is 6.28. The lowest BCUT2D eigenvalue weighted by Gasteiger charge is -2.08. The first-order valence-corrected chi connectivity index (χ1v) is 7.61. The summed E-state index contributed by atoms with van der Waals surface area (Å²) in [6.07, 6.45) is 0. The molecule has 0 atom stereocenters. The van der Waals surface area contributed by atoms with Crippen molar-refractivity contribution < 1.29 is 4.39 Å². The van der Waals surface area contributed by atoms with Gasteiger partial charge in [0.05, 0.1) is 0 Å². The van der Waals surface area contributed by atoms with Gasteiger partial charge in [-0.15, -0.1) is 0 Å². The second-order valence-electron chi connectivity index (χ2n) is 4.08. The Morgan fingerprint density at radius 3 is 2.47 bits per heavy atom. The van der Waals surface area contributed by atoms with Gasteiger partial charge in [-0.2, -0.15) is 0 Å². The third-order valence-corrected chi connectivity index (χ3v) is 4.12. The summed E-state index contributed by atoms with van der Waals surface area (Å²) in [7, 11) is 0. The molecule has 0 fully saturated rings. The van der Waals surface area contributed by atoms with E-state index in [1.807, 2.05) is 18.2 Å². The molecular weight excluding hydrogens is 396 g/mol. The Bertz CT molecular complexity index is 590. The van der Waals surface area contributed by atoms with E-state index in [1.165, 1.54) is 6.07 Å². The lowest BCUT2D eigenvalue weighted by Crippen LogP contribution is -2.14. The lowest BCUT2D eigenvalue weighted by atomic mass is 10.2. The summed E-state index contributed by atoms with van der Waals surface area (Å²) in [5.74, 6) is -0.203. The first-order valence-electron chi connectivity index (χ1n) is 5.65. The summed E-state index contributed by atoms with van der Waals surface area (Å²) in [5.41, 5.74) is 1.72. The zero-order valence-corrected chi connectivity index (χ0v) is 13.8. The molecule has 2 aromatic carbocycles. The second kappa shape index (κ2) is 6.84. The molecule has 0 aliphatic carbocycles. The zero-order chi connectivity index (χ0) is 13.8. The summed E-state index contributed by atoms with van der Waals surface area (Å²) in [5, 5.41) is 3.90. The van der Waals surface area contributed by atoms with E-state index in [4.69, 9.17) is 11.6 Å². The van der Waals surface area contributed by atoms with Crippen LogP contribution in [0.4, 0.5) is 4.39 Å². The van der Waals surface area contributed by atoms with Crippen molar-refractivity contribution >= 4 is 43.5 Å². The smallest absolute Gasteiger partial charge is 0.127 e. The maximum absolute atomic E-state index is 13.5. The van der Waals surface area contributed by atoms with E-state index in [2.05, 4.69) is 37.2 Å². The molecule has 0 unspecified atom stereocenters. The lowest BCUT2D eigenvalue weighted by molar-refractivity contribution is 0.587. The van der Waals surface area contributed by atoms with Crippen molar-refractivity contribution in [3.63, 3.8) is 0 Å². The minimum Gasteiger partial charge on any atom is -0.308 e. The SMILES string of the molecule is Fc1ccc(Br)cc1CNCc1ccc(Cl)cc1Br. The van der Waals surface area contributed by atoms with Crippen molar-refractivity contribution in [3.05, 3.63) is 67.3 Å². The van der Waals surface area contributed by atoms with E-state index in [1.54, 1.807) is 12.1 Å². The van der Waals surface area contributed by atoms with Crippen LogP contribution in [0.15, 0.2) is 45.3 Å². The first kappa shape index (κ1) is 15.0. The van der Waals surface area contributed by atoms with Crippen molar-refractivity contribution in [1.82, 2.24) is 5.32 Å². The van der Waals surface area contributed by atoms with Crippen molar-refractivity contribution in [2.24, 2.45) is 0 Å². The standard InChI is InChI=1S/C14H11Br2ClFN/c15-11-2-4-14(18)10(5-11)8-19-7-9-1-3-12(17)6-13(9)16/h1-6,19H,7-8H2. The van der Waals surface area contributed by atoms with Crippen LogP contribution >= 0.6 is 43.5 Å². The van der Waals surface area contributed by atoms with Gasteiger partial charge < -0.3 is 5.32 Å².